The zero-order valence-electron chi connectivity index (χ0n) is 17.0. The van der Waals surface area contributed by atoms with Crippen molar-refractivity contribution in [2.45, 2.75) is 31.6 Å². The number of benzene rings is 2. The van der Waals surface area contributed by atoms with Gasteiger partial charge < -0.3 is 10.6 Å². The summed E-state index contributed by atoms with van der Waals surface area (Å²) in [5, 5.41) is 6.97. The summed E-state index contributed by atoms with van der Waals surface area (Å²) in [6, 6.07) is 13.7. The van der Waals surface area contributed by atoms with Gasteiger partial charge in [-0.3, -0.25) is 9.79 Å². The third kappa shape index (κ3) is 4.87. The lowest BCUT2D eigenvalue weighted by molar-refractivity contribution is 0.0954. The van der Waals surface area contributed by atoms with Crippen molar-refractivity contribution < 1.29 is 13.2 Å². The van der Waals surface area contributed by atoms with Gasteiger partial charge in [0, 0.05) is 23.0 Å². The van der Waals surface area contributed by atoms with Gasteiger partial charge in [0.1, 0.15) is 0 Å². The van der Waals surface area contributed by atoms with Crippen molar-refractivity contribution in [3.05, 3.63) is 64.7 Å². The molecule has 0 saturated carbocycles. The quantitative estimate of drug-likeness (QED) is 0.742. The van der Waals surface area contributed by atoms with Gasteiger partial charge in [0.25, 0.3) is 5.91 Å². The molecule has 2 aliphatic heterocycles. The number of aliphatic imine (C=N–C) groups is 1. The standard InChI is InChI=1S/C22H25N3O3S2/c1-14-3-6-16(7-4-14)9-10-23-21(26)17-8-5-15(2)18(11-17)24-22-25-19-12-30(27,28)13-20(19)29-22/h3-8,11,19-20H,9-10,12-13H2,1-2H3,(H,23,26)(H,24,25)/t19-,20+/m0/s1. The Morgan fingerprint density at radius 3 is 2.63 bits per heavy atom. The number of carbonyl (C=O) groups is 1. The first kappa shape index (κ1) is 20.9. The van der Waals surface area contributed by atoms with Crippen molar-refractivity contribution in [2.24, 2.45) is 4.99 Å². The fourth-order valence-corrected chi connectivity index (χ4v) is 7.27. The van der Waals surface area contributed by atoms with Crippen LogP contribution in [0, 0.1) is 13.8 Å². The van der Waals surface area contributed by atoms with E-state index in [0.717, 1.165) is 22.8 Å². The molecule has 0 radical (unpaired) electrons. The zero-order valence-corrected chi connectivity index (χ0v) is 18.6. The highest BCUT2D eigenvalue weighted by atomic mass is 32.2. The number of nitrogens with zero attached hydrogens (tertiary/aromatic N) is 1. The predicted octanol–water partition coefficient (Wildman–Crippen LogP) is 2.96. The molecule has 2 aromatic rings. The summed E-state index contributed by atoms with van der Waals surface area (Å²) >= 11 is 1.47. The number of amidine groups is 1. The van der Waals surface area contributed by atoms with Crippen LogP contribution in [0.15, 0.2) is 47.5 Å². The molecule has 30 heavy (non-hydrogen) atoms. The Labute approximate surface area is 181 Å². The molecule has 2 aromatic carbocycles. The molecule has 2 heterocycles. The minimum atomic E-state index is -2.97. The third-order valence-electron chi connectivity index (χ3n) is 5.38. The van der Waals surface area contributed by atoms with Crippen LogP contribution < -0.4 is 10.6 Å². The number of nitrogens with one attached hydrogen (secondary N) is 2. The highest BCUT2D eigenvalue weighted by molar-refractivity contribution is 8.15. The maximum Gasteiger partial charge on any atom is 0.251 e. The summed E-state index contributed by atoms with van der Waals surface area (Å²) in [5.41, 5.74) is 4.81. The van der Waals surface area contributed by atoms with Gasteiger partial charge in [0.05, 0.1) is 17.5 Å². The molecular weight excluding hydrogens is 418 g/mol. The summed E-state index contributed by atoms with van der Waals surface area (Å²) in [4.78, 5) is 17.1. The van der Waals surface area contributed by atoms with E-state index in [1.165, 1.54) is 22.9 Å². The normalized spacial score (nSPS) is 21.7. The van der Waals surface area contributed by atoms with Crippen LogP contribution in [0.5, 0.6) is 0 Å². The third-order valence-corrected chi connectivity index (χ3v) is 8.52. The Morgan fingerprint density at radius 2 is 1.90 bits per heavy atom. The van der Waals surface area contributed by atoms with Crippen LogP contribution in [0.2, 0.25) is 0 Å². The van der Waals surface area contributed by atoms with Gasteiger partial charge in [-0.25, -0.2) is 8.42 Å². The number of anilines is 1. The Bertz CT molecular complexity index is 1100. The predicted molar refractivity (Wildman–Crippen MR) is 123 cm³/mol. The van der Waals surface area contributed by atoms with E-state index in [2.05, 4.69) is 46.8 Å². The molecule has 0 unspecified atom stereocenters. The number of hydrogen-bond donors (Lipinski definition) is 2. The molecule has 0 spiro atoms. The van der Waals surface area contributed by atoms with Gasteiger partial charge >= 0.3 is 0 Å². The van der Waals surface area contributed by atoms with Gasteiger partial charge in [0.15, 0.2) is 15.0 Å². The van der Waals surface area contributed by atoms with Gasteiger partial charge in [-0.15, -0.1) is 0 Å². The SMILES string of the molecule is Cc1ccc(CCNC(=O)c2ccc(C)c(NC3=N[C@H]4CS(=O)(=O)C[C@H]4S3)c2)cc1. The number of hydrogen-bond acceptors (Lipinski definition) is 6. The first-order valence-corrected chi connectivity index (χ1v) is 12.7. The van der Waals surface area contributed by atoms with E-state index < -0.39 is 9.84 Å². The lowest BCUT2D eigenvalue weighted by Gasteiger charge is -2.12. The van der Waals surface area contributed by atoms with E-state index in [4.69, 9.17) is 0 Å². The van der Waals surface area contributed by atoms with Crippen LogP contribution in [-0.4, -0.2) is 48.8 Å². The summed E-state index contributed by atoms with van der Waals surface area (Å²) < 4.78 is 23.5. The Hall–Kier alpha value is -2.32. The van der Waals surface area contributed by atoms with Crippen LogP contribution in [0.4, 0.5) is 5.69 Å². The molecule has 0 bridgehead atoms. The molecule has 1 fully saturated rings. The van der Waals surface area contributed by atoms with E-state index in [-0.39, 0.29) is 28.7 Å². The van der Waals surface area contributed by atoms with Gasteiger partial charge in [-0.1, -0.05) is 47.7 Å². The van der Waals surface area contributed by atoms with E-state index in [0.29, 0.717) is 12.1 Å². The molecule has 0 aliphatic carbocycles. The zero-order chi connectivity index (χ0) is 21.3. The molecule has 2 aliphatic rings. The highest BCUT2D eigenvalue weighted by Crippen LogP contribution is 2.35. The minimum Gasteiger partial charge on any atom is -0.352 e. The number of aryl methyl sites for hydroxylation is 2. The first-order valence-electron chi connectivity index (χ1n) is 9.95. The summed E-state index contributed by atoms with van der Waals surface area (Å²) in [6.07, 6.45) is 0.780. The van der Waals surface area contributed by atoms with E-state index in [1.807, 2.05) is 25.1 Å². The maximum atomic E-state index is 12.6. The fourth-order valence-electron chi connectivity index (χ4n) is 3.61. The van der Waals surface area contributed by atoms with Crippen molar-refractivity contribution in [3.8, 4) is 0 Å². The van der Waals surface area contributed by atoms with Crippen molar-refractivity contribution >= 4 is 38.4 Å². The number of rotatable bonds is 5. The molecule has 6 nitrogen and oxygen atoms in total. The van der Waals surface area contributed by atoms with E-state index >= 15 is 0 Å². The summed E-state index contributed by atoms with van der Waals surface area (Å²) in [5.74, 6) is 0.187. The molecule has 2 atom stereocenters. The van der Waals surface area contributed by atoms with E-state index in [9.17, 15) is 13.2 Å². The van der Waals surface area contributed by atoms with Crippen molar-refractivity contribution in [1.82, 2.24) is 5.32 Å². The second-order valence-corrected chi connectivity index (χ2v) is 11.3. The molecule has 0 aromatic heterocycles. The van der Waals surface area contributed by atoms with Gasteiger partial charge in [-0.2, -0.15) is 0 Å². The molecule has 8 heteroatoms. The lowest BCUT2D eigenvalue weighted by atomic mass is 10.1. The van der Waals surface area contributed by atoms with Crippen molar-refractivity contribution in [1.29, 1.82) is 0 Å². The molecule has 1 amide bonds. The van der Waals surface area contributed by atoms with Gasteiger partial charge in [-0.05, 0) is 43.5 Å². The van der Waals surface area contributed by atoms with Crippen LogP contribution in [0.25, 0.3) is 0 Å². The average molecular weight is 444 g/mol. The number of sulfone groups is 1. The number of amides is 1. The fraction of sp³-hybridized carbons (Fsp3) is 0.364. The Morgan fingerprint density at radius 1 is 1.13 bits per heavy atom. The molecule has 158 valence electrons. The van der Waals surface area contributed by atoms with Crippen LogP contribution in [0.3, 0.4) is 0 Å². The number of carbonyl (C=O) groups excluding carboxylic acids is 1. The van der Waals surface area contributed by atoms with Crippen LogP contribution in [0.1, 0.15) is 27.0 Å². The largest absolute Gasteiger partial charge is 0.352 e. The smallest absolute Gasteiger partial charge is 0.251 e. The lowest BCUT2D eigenvalue weighted by Crippen LogP contribution is -2.25. The van der Waals surface area contributed by atoms with Crippen molar-refractivity contribution in [3.63, 3.8) is 0 Å². The maximum absolute atomic E-state index is 12.6. The molecule has 4 rings (SSSR count). The average Bonchev–Trinajstić information content (AvgIpc) is 3.17. The first-order chi connectivity index (χ1) is 14.3. The second kappa shape index (κ2) is 8.43. The molecular formula is C22H25N3O3S2. The topological polar surface area (TPSA) is 87.6 Å². The summed E-state index contributed by atoms with van der Waals surface area (Å²) in [7, 11) is -2.97. The Balaban J connectivity index is 1.37. The number of thioether (sulfide) groups is 1. The van der Waals surface area contributed by atoms with Gasteiger partial charge in [0.2, 0.25) is 0 Å². The second-order valence-electron chi connectivity index (χ2n) is 7.88. The Kier molecular flexibility index (Phi) is 5.88. The molecule has 2 N–H and O–H groups in total. The number of fused-ring (bicyclic) bond motifs is 1. The molecule has 1 saturated heterocycles. The monoisotopic (exact) mass is 443 g/mol. The highest BCUT2D eigenvalue weighted by Gasteiger charge is 2.42. The summed E-state index contributed by atoms with van der Waals surface area (Å²) in [6.45, 7) is 4.59. The van der Waals surface area contributed by atoms with E-state index in [1.54, 1.807) is 0 Å². The minimum absolute atomic E-state index is 0.00828. The van der Waals surface area contributed by atoms with Crippen molar-refractivity contribution in [2.75, 3.05) is 23.4 Å². The van der Waals surface area contributed by atoms with Crippen LogP contribution in [-0.2, 0) is 16.3 Å². The van der Waals surface area contributed by atoms with Crippen LogP contribution >= 0.6 is 11.8 Å².